The summed E-state index contributed by atoms with van der Waals surface area (Å²) in [6.07, 6.45) is 6.13. The maximum Gasteiger partial charge on any atom is 0.0300 e. The second-order valence-corrected chi connectivity index (χ2v) is 4.79. The summed E-state index contributed by atoms with van der Waals surface area (Å²) in [5.74, 6) is 0.698. The second kappa shape index (κ2) is 8.70. The minimum atomic E-state index is 0. The summed E-state index contributed by atoms with van der Waals surface area (Å²) >= 11 is 0. The topological polar surface area (TPSA) is 42.1 Å². The van der Waals surface area contributed by atoms with Crippen LogP contribution in [0.4, 0.5) is 0 Å². The van der Waals surface area contributed by atoms with Gasteiger partial charge in [0.25, 0.3) is 0 Å². The van der Waals surface area contributed by atoms with Crippen molar-refractivity contribution in [3.63, 3.8) is 0 Å². The molecule has 0 saturated carbocycles. The fourth-order valence-corrected chi connectivity index (χ4v) is 2.52. The maximum atomic E-state index is 5.73. The van der Waals surface area contributed by atoms with Crippen molar-refractivity contribution in [2.45, 2.75) is 25.8 Å². The van der Waals surface area contributed by atoms with Gasteiger partial charge in [-0.1, -0.05) is 6.07 Å². The molecule has 0 aliphatic carbocycles. The highest BCUT2D eigenvalue weighted by molar-refractivity contribution is 5.85. The van der Waals surface area contributed by atoms with Crippen LogP contribution in [0.25, 0.3) is 0 Å². The molecular formula is C13H23Cl2N3. The molecule has 2 N–H and O–H groups in total. The van der Waals surface area contributed by atoms with Crippen molar-refractivity contribution in [3.8, 4) is 0 Å². The van der Waals surface area contributed by atoms with Crippen LogP contribution in [0.5, 0.6) is 0 Å². The Morgan fingerprint density at radius 1 is 1.44 bits per heavy atom. The number of aromatic nitrogens is 1. The fraction of sp³-hybridized carbons (Fsp3) is 0.615. The quantitative estimate of drug-likeness (QED) is 0.924. The van der Waals surface area contributed by atoms with Crippen LogP contribution in [-0.2, 0) is 6.42 Å². The Balaban J connectivity index is 0.00000144. The first-order valence-corrected chi connectivity index (χ1v) is 6.12. The molecule has 1 fully saturated rings. The van der Waals surface area contributed by atoms with Gasteiger partial charge in [0, 0.05) is 31.5 Å². The van der Waals surface area contributed by atoms with Gasteiger partial charge in [-0.3, -0.25) is 9.88 Å². The van der Waals surface area contributed by atoms with E-state index in [1.54, 1.807) is 0 Å². The summed E-state index contributed by atoms with van der Waals surface area (Å²) in [4.78, 5) is 6.69. The molecule has 1 aliphatic heterocycles. The van der Waals surface area contributed by atoms with Crippen LogP contribution in [0.1, 0.15) is 18.9 Å². The van der Waals surface area contributed by atoms with Crippen LogP contribution in [0, 0.1) is 5.92 Å². The molecule has 0 spiro atoms. The lowest BCUT2D eigenvalue weighted by molar-refractivity contribution is 0.268. The minimum absolute atomic E-state index is 0. The van der Waals surface area contributed by atoms with E-state index in [2.05, 4.69) is 22.9 Å². The van der Waals surface area contributed by atoms with Gasteiger partial charge < -0.3 is 5.73 Å². The van der Waals surface area contributed by atoms with Crippen LogP contribution in [0.3, 0.4) is 0 Å². The standard InChI is InChI=1S/C13H21N3.2ClH/c1-11-7-13(8-14)10-16(11)6-4-12-3-2-5-15-9-12;;/h2-3,5,9,11,13H,4,6-8,10,14H2,1H3;2*1H. The molecule has 0 bridgehead atoms. The average molecular weight is 292 g/mol. The van der Waals surface area contributed by atoms with Crippen molar-refractivity contribution in [2.75, 3.05) is 19.6 Å². The van der Waals surface area contributed by atoms with Crippen LogP contribution in [0.15, 0.2) is 24.5 Å². The Morgan fingerprint density at radius 3 is 2.78 bits per heavy atom. The summed E-state index contributed by atoms with van der Waals surface area (Å²) in [7, 11) is 0. The Kier molecular flexibility index (Phi) is 8.53. The molecule has 2 rings (SSSR count). The number of halogens is 2. The maximum absolute atomic E-state index is 5.73. The smallest absolute Gasteiger partial charge is 0.0300 e. The lowest BCUT2D eigenvalue weighted by atomic mass is 10.1. The molecule has 3 nitrogen and oxygen atoms in total. The van der Waals surface area contributed by atoms with Gasteiger partial charge in [0.05, 0.1) is 0 Å². The molecule has 2 unspecified atom stereocenters. The molecule has 0 aromatic carbocycles. The van der Waals surface area contributed by atoms with E-state index in [1.807, 2.05) is 18.5 Å². The van der Waals surface area contributed by atoms with Gasteiger partial charge >= 0.3 is 0 Å². The third-order valence-electron chi connectivity index (χ3n) is 3.53. The first kappa shape index (κ1) is 17.6. The van der Waals surface area contributed by atoms with Crippen LogP contribution in [0.2, 0.25) is 0 Å². The van der Waals surface area contributed by atoms with E-state index >= 15 is 0 Å². The zero-order chi connectivity index (χ0) is 11.4. The third kappa shape index (κ3) is 4.73. The zero-order valence-corrected chi connectivity index (χ0v) is 12.4. The van der Waals surface area contributed by atoms with Crippen molar-refractivity contribution in [2.24, 2.45) is 11.7 Å². The third-order valence-corrected chi connectivity index (χ3v) is 3.53. The molecule has 104 valence electrons. The number of hydrogen-bond donors (Lipinski definition) is 1. The zero-order valence-electron chi connectivity index (χ0n) is 10.8. The lowest BCUT2D eigenvalue weighted by Crippen LogP contribution is -2.30. The molecule has 1 aromatic heterocycles. The minimum Gasteiger partial charge on any atom is -0.330 e. The van der Waals surface area contributed by atoms with Crippen LogP contribution < -0.4 is 5.73 Å². The molecule has 2 atom stereocenters. The summed E-state index contributed by atoms with van der Waals surface area (Å²) in [5, 5.41) is 0. The van der Waals surface area contributed by atoms with E-state index in [-0.39, 0.29) is 24.8 Å². The molecule has 0 amide bonds. The molecular weight excluding hydrogens is 269 g/mol. The van der Waals surface area contributed by atoms with Gasteiger partial charge in [0.1, 0.15) is 0 Å². The summed E-state index contributed by atoms with van der Waals surface area (Å²) in [5.41, 5.74) is 7.05. The molecule has 18 heavy (non-hydrogen) atoms. The van der Waals surface area contributed by atoms with E-state index in [4.69, 9.17) is 5.73 Å². The monoisotopic (exact) mass is 291 g/mol. The van der Waals surface area contributed by atoms with Crippen molar-refractivity contribution in [1.29, 1.82) is 0 Å². The number of rotatable bonds is 4. The van der Waals surface area contributed by atoms with Gasteiger partial charge in [-0.2, -0.15) is 0 Å². The van der Waals surface area contributed by atoms with Gasteiger partial charge in [-0.25, -0.2) is 0 Å². The van der Waals surface area contributed by atoms with Crippen LogP contribution in [-0.4, -0.2) is 35.6 Å². The summed E-state index contributed by atoms with van der Waals surface area (Å²) < 4.78 is 0. The van der Waals surface area contributed by atoms with Gasteiger partial charge in [-0.05, 0) is 43.9 Å². The number of nitrogens with two attached hydrogens (primary N) is 1. The van der Waals surface area contributed by atoms with Crippen molar-refractivity contribution >= 4 is 24.8 Å². The van der Waals surface area contributed by atoms with E-state index in [0.717, 1.165) is 26.1 Å². The highest BCUT2D eigenvalue weighted by Crippen LogP contribution is 2.21. The lowest BCUT2D eigenvalue weighted by Gasteiger charge is -2.20. The number of pyridine rings is 1. The molecule has 1 aliphatic rings. The Labute approximate surface area is 122 Å². The first-order chi connectivity index (χ1) is 7.79. The van der Waals surface area contributed by atoms with Crippen molar-refractivity contribution in [1.82, 2.24) is 9.88 Å². The van der Waals surface area contributed by atoms with Gasteiger partial charge in [0.2, 0.25) is 0 Å². The predicted octanol–water partition coefficient (Wildman–Crippen LogP) is 2.14. The largest absolute Gasteiger partial charge is 0.330 e. The van der Waals surface area contributed by atoms with E-state index in [9.17, 15) is 0 Å². The van der Waals surface area contributed by atoms with Crippen LogP contribution >= 0.6 is 24.8 Å². The average Bonchev–Trinajstić information content (AvgIpc) is 2.69. The summed E-state index contributed by atoms with van der Waals surface area (Å²) in [6.45, 7) is 5.42. The van der Waals surface area contributed by atoms with Crippen molar-refractivity contribution < 1.29 is 0 Å². The molecule has 2 heterocycles. The Hall–Kier alpha value is -0.350. The van der Waals surface area contributed by atoms with Crippen molar-refractivity contribution in [3.05, 3.63) is 30.1 Å². The van der Waals surface area contributed by atoms with Gasteiger partial charge in [0.15, 0.2) is 0 Å². The molecule has 5 heteroatoms. The second-order valence-electron chi connectivity index (χ2n) is 4.79. The molecule has 0 radical (unpaired) electrons. The van der Waals surface area contributed by atoms with E-state index in [1.165, 1.54) is 12.0 Å². The summed E-state index contributed by atoms with van der Waals surface area (Å²) in [6, 6.07) is 4.84. The number of nitrogens with zero attached hydrogens (tertiary/aromatic N) is 2. The highest BCUT2D eigenvalue weighted by atomic mass is 35.5. The van der Waals surface area contributed by atoms with E-state index < -0.39 is 0 Å². The number of likely N-dealkylation sites (tertiary alicyclic amines) is 1. The Morgan fingerprint density at radius 2 is 2.22 bits per heavy atom. The van der Waals surface area contributed by atoms with E-state index in [0.29, 0.717) is 12.0 Å². The first-order valence-electron chi connectivity index (χ1n) is 6.12. The van der Waals surface area contributed by atoms with Gasteiger partial charge in [-0.15, -0.1) is 24.8 Å². The number of hydrogen-bond acceptors (Lipinski definition) is 3. The predicted molar refractivity (Wildman–Crippen MR) is 80.6 cm³/mol. The highest BCUT2D eigenvalue weighted by Gasteiger charge is 2.27. The normalized spacial score (nSPS) is 23.2. The Bertz CT molecular complexity index is 321. The SMILES string of the molecule is CC1CC(CN)CN1CCc1cccnc1.Cl.Cl. The molecule has 1 aromatic rings. The fourth-order valence-electron chi connectivity index (χ4n) is 2.52. The molecule has 1 saturated heterocycles.